The van der Waals surface area contributed by atoms with E-state index in [1.165, 1.54) is 5.56 Å². The van der Waals surface area contributed by atoms with E-state index in [1.54, 1.807) is 0 Å². The minimum atomic E-state index is 0.478. The Labute approximate surface area is 87.1 Å². The molecule has 78 valence electrons. The van der Waals surface area contributed by atoms with Gasteiger partial charge in [0.25, 0.3) is 0 Å². The van der Waals surface area contributed by atoms with E-state index in [0.717, 1.165) is 6.54 Å². The lowest BCUT2D eigenvalue weighted by Crippen LogP contribution is -2.30. The van der Waals surface area contributed by atoms with E-state index in [2.05, 4.69) is 68.3 Å². The molecule has 0 radical (unpaired) electrons. The first kappa shape index (κ1) is 11.2. The molecule has 0 saturated heterocycles. The molecule has 1 rings (SSSR count). The van der Waals surface area contributed by atoms with Gasteiger partial charge >= 0.3 is 0 Å². The summed E-state index contributed by atoms with van der Waals surface area (Å²) in [6.45, 7) is 1.05. The van der Waals surface area contributed by atoms with Gasteiger partial charge in [-0.2, -0.15) is 0 Å². The van der Waals surface area contributed by atoms with Gasteiger partial charge in [-0.1, -0.05) is 30.3 Å². The van der Waals surface area contributed by atoms with Crippen LogP contribution in [0.15, 0.2) is 30.3 Å². The van der Waals surface area contributed by atoms with Crippen molar-refractivity contribution in [1.29, 1.82) is 0 Å². The first-order chi connectivity index (χ1) is 6.61. The molecular formula is C12H20N2. The SMILES string of the molecule is CN(C)C[C@H](c1ccccc1)N(C)C. The van der Waals surface area contributed by atoms with Gasteiger partial charge in [0, 0.05) is 12.6 Å². The van der Waals surface area contributed by atoms with Crippen LogP contribution in [0.1, 0.15) is 11.6 Å². The van der Waals surface area contributed by atoms with Crippen LogP contribution in [0.2, 0.25) is 0 Å². The average Bonchev–Trinajstić information content (AvgIpc) is 2.15. The second-order valence-electron chi connectivity index (χ2n) is 4.15. The predicted octanol–water partition coefficient (Wildman–Crippen LogP) is 1.85. The lowest BCUT2D eigenvalue weighted by molar-refractivity contribution is 0.231. The fourth-order valence-electron chi connectivity index (χ4n) is 1.59. The highest BCUT2D eigenvalue weighted by molar-refractivity contribution is 5.19. The van der Waals surface area contributed by atoms with Crippen molar-refractivity contribution in [2.45, 2.75) is 6.04 Å². The van der Waals surface area contributed by atoms with Crippen LogP contribution in [-0.4, -0.2) is 44.5 Å². The molecule has 0 aliphatic heterocycles. The Morgan fingerprint density at radius 1 is 1.00 bits per heavy atom. The van der Waals surface area contributed by atoms with Crippen LogP contribution >= 0.6 is 0 Å². The highest BCUT2D eigenvalue weighted by Crippen LogP contribution is 2.17. The molecule has 0 N–H and O–H groups in total. The third kappa shape index (κ3) is 3.13. The van der Waals surface area contributed by atoms with Crippen molar-refractivity contribution >= 4 is 0 Å². The summed E-state index contributed by atoms with van der Waals surface area (Å²) in [5.41, 5.74) is 1.38. The van der Waals surface area contributed by atoms with E-state index in [1.807, 2.05) is 0 Å². The lowest BCUT2D eigenvalue weighted by Gasteiger charge is -2.27. The number of benzene rings is 1. The monoisotopic (exact) mass is 192 g/mol. The number of rotatable bonds is 4. The topological polar surface area (TPSA) is 6.48 Å². The first-order valence-corrected chi connectivity index (χ1v) is 4.97. The maximum atomic E-state index is 2.26. The van der Waals surface area contributed by atoms with Gasteiger partial charge in [0.2, 0.25) is 0 Å². The van der Waals surface area contributed by atoms with E-state index in [0.29, 0.717) is 6.04 Å². The molecule has 0 fully saturated rings. The zero-order valence-electron chi connectivity index (χ0n) is 9.57. The fraction of sp³-hybridized carbons (Fsp3) is 0.500. The first-order valence-electron chi connectivity index (χ1n) is 4.97. The van der Waals surface area contributed by atoms with Crippen molar-refractivity contribution < 1.29 is 0 Å². The van der Waals surface area contributed by atoms with Crippen LogP contribution in [0.4, 0.5) is 0 Å². The van der Waals surface area contributed by atoms with Crippen LogP contribution in [-0.2, 0) is 0 Å². The molecule has 2 heteroatoms. The molecule has 0 spiro atoms. The molecule has 1 aromatic carbocycles. The second-order valence-corrected chi connectivity index (χ2v) is 4.15. The number of likely N-dealkylation sites (N-methyl/N-ethyl adjacent to an activating group) is 2. The van der Waals surface area contributed by atoms with Crippen LogP contribution in [0.25, 0.3) is 0 Å². The summed E-state index contributed by atoms with van der Waals surface area (Å²) < 4.78 is 0. The molecule has 0 heterocycles. The van der Waals surface area contributed by atoms with Gasteiger partial charge in [0.05, 0.1) is 0 Å². The van der Waals surface area contributed by atoms with Crippen LogP contribution < -0.4 is 0 Å². The third-order valence-corrected chi connectivity index (χ3v) is 2.35. The molecule has 2 nitrogen and oxygen atoms in total. The minimum Gasteiger partial charge on any atom is -0.308 e. The second kappa shape index (κ2) is 5.13. The summed E-state index contributed by atoms with van der Waals surface area (Å²) in [6.07, 6.45) is 0. The van der Waals surface area contributed by atoms with E-state index < -0.39 is 0 Å². The zero-order chi connectivity index (χ0) is 10.6. The van der Waals surface area contributed by atoms with Crippen LogP contribution in [0.5, 0.6) is 0 Å². The predicted molar refractivity (Wildman–Crippen MR) is 61.4 cm³/mol. The van der Waals surface area contributed by atoms with Crippen molar-refractivity contribution in [3.05, 3.63) is 35.9 Å². The molecule has 1 aromatic rings. The molecule has 0 aliphatic carbocycles. The summed E-state index contributed by atoms with van der Waals surface area (Å²) in [7, 11) is 8.47. The van der Waals surface area contributed by atoms with E-state index in [-0.39, 0.29) is 0 Å². The largest absolute Gasteiger partial charge is 0.308 e. The van der Waals surface area contributed by atoms with Gasteiger partial charge in [0.15, 0.2) is 0 Å². The smallest absolute Gasteiger partial charge is 0.0469 e. The van der Waals surface area contributed by atoms with Gasteiger partial charge in [-0.3, -0.25) is 0 Å². The van der Waals surface area contributed by atoms with Crippen LogP contribution in [0.3, 0.4) is 0 Å². The molecule has 1 atom stereocenters. The quantitative estimate of drug-likeness (QED) is 0.718. The Morgan fingerprint density at radius 3 is 2.00 bits per heavy atom. The zero-order valence-corrected chi connectivity index (χ0v) is 9.57. The molecule has 0 unspecified atom stereocenters. The highest BCUT2D eigenvalue weighted by Gasteiger charge is 2.13. The van der Waals surface area contributed by atoms with E-state index in [9.17, 15) is 0 Å². The average molecular weight is 192 g/mol. The van der Waals surface area contributed by atoms with Crippen molar-refractivity contribution in [1.82, 2.24) is 9.80 Å². The molecule has 0 aliphatic rings. The Bertz CT molecular complexity index is 254. The summed E-state index contributed by atoms with van der Waals surface area (Å²) in [5, 5.41) is 0. The summed E-state index contributed by atoms with van der Waals surface area (Å²) in [4.78, 5) is 4.48. The van der Waals surface area contributed by atoms with Gasteiger partial charge in [-0.05, 0) is 33.8 Å². The van der Waals surface area contributed by atoms with Crippen LogP contribution in [0, 0.1) is 0 Å². The van der Waals surface area contributed by atoms with Crippen molar-refractivity contribution in [3.63, 3.8) is 0 Å². The van der Waals surface area contributed by atoms with Gasteiger partial charge in [-0.25, -0.2) is 0 Å². The van der Waals surface area contributed by atoms with Gasteiger partial charge < -0.3 is 9.80 Å². The van der Waals surface area contributed by atoms with Crippen molar-refractivity contribution in [2.24, 2.45) is 0 Å². The molecule has 0 aromatic heterocycles. The van der Waals surface area contributed by atoms with E-state index >= 15 is 0 Å². The Morgan fingerprint density at radius 2 is 1.57 bits per heavy atom. The minimum absolute atomic E-state index is 0.478. The summed E-state index contributed by atoms with van der Waals surface area (Å²) >= 11 is 0. The normalized spacial score (nSPS) is 13.6. The Kier molecular flexibility index (Phi) is 4.11. The van der Waals surface area contributed by atoms with Crippen molar-refractivity contribution in [2.75, 3.05) is 34.7 Å². The highest BCUT2D eigenvalue weighted by atomic mass is 15.2. The van der Waals surface area contributed by atoms with Gasteiger partial charge in [0.1, 0.15) is 0 Å². The summed E-state index contributed by atoms with van der Waals surface area (Å²) in [5.74, 6) is 0. The van der Waals surface area contributed by atoms with Gasteiger partial charge in [-0.15, -0.1) is 0 Å². The molecular weight excluding hydrogens is 172 g/mol. The lowest BCUT2D eigenvalue weighted by atomic mass is 10.1. The standard InChI is InChI=1S/C12H20N2/c1-13(2)10-12(14(3)4)11-8-6-5-7-9-11/h5-9,12H,10H2,1-4H3/t12-/m1/s1. The number of hydrogen-bond donors (Lipinski definition) is 0. The summed E-state index contributed by atoms with van der Waals surface area (Å²) in [6, 6.07) is 11.1. The molecule has 14 heavy (non-hydrogen) atoms. The van der Waals surface area contributed by atoms with Crippen molar-refractivity contribution in [3.8, 4) is 0 Å². The molecule has 0 saturated carbocycles. The maximum absolute atomic E-state index is 2.26. The molecule has 0 amide bonds. The van der Waals surface area contributed by atoms with E-state index in [4.69, 9.17) is 0 Å². The Hall–Kier alpha value is -0.860. The number of hydrogen-bond acceptors (Lipinski definition) is 2. The third-order valence-electron chi connectivity index (χ3n) is 2.35. The Balaban J connectivity index is 2.78. The fourth-order valence-corrected chi connectivity index (χ4v) is 1.59. The maximum Gasteiger partial charge on any atom is 0.0469 e. The molecule has 0 bridgehead atoms. The number of nitrogens with zero attached hydrogens (tertiary/aromatic N) is 2.